The van der Waals surface area contributed by atoms with Crippen LogP contribution in [0, 0.1) is 5.82 Å². The molecule has 0 saturated carbocycles. The minimum absolute atomic E-state index is 0.222. The van der Waals surface area contributed by atoms with Gasteiger partial charge in [-0.2, -0.15) is 0 Å². The SMILES string of the molecule is COc1ccc(-c2ccc3nc(N4CCC(N)CC4)nc(-c4cccnc4)c3c2)cc1F. The van der Waals surface area contributed by atoms with Gasteiger partial charge in [-0.3, -0.25) is 4.98 Å². The maximum absolute atomic E-state index is 14.3. The van der Waals surface area contributed by atoms with Crippen LogP contribution in [0.1, 0.15) is 12.8 Å². The van der Waals surface area contributed by atoms with Gasteiger partial charge in [-0.25, -0.2) is 14.4 Å². The normalized spacial score (nSPS) is 14.7. The van der Waals surface area contributed by atoms with Gasteiger partial charge in [-0.1, -0.05) is 12.1 Å². The largest absolute Gasteiger partial charge is 0.494 e. The second-order valence-electron chi connectivity index (χ2n) is 8.02. The molecule has 0 amide bonds. The Morgan fingerprint density at radius 3 is 2.50 bits per heavy atom. The number of methoxy groups -OCH3 is 1. The van der Waals surface area contributed by atoms with Crippen LogP contribution in [0.15, 0.2) is 60.9 Å². The molecule has 0 spiro atoms. The number of ether oxygens (including phenoxy) is 1. The third-order valence-electron chi connectivity index (χ3n) is 5.93. The molecular weight excluding hydrogens is 405 g/mol. The van der Waals surface area contributed by atoms with Crippen molar-refractivity contribution in [2.24, 2.45) is 5.73 Å². The summed E-state index contributed by atoms with van der Waals surface area (Å²) >= 11 is 0. The number of nitrogens with two attached hydrogens (primary N) is 1. The van der Waals surface area contributed by atoms with Crippen LogP contribution in [0.5, 0.6) is 5.75 Å². The third kappa shape index (κ3) is 3.87. The molecule has 1 aliphatic heterocycles. The monoisotopic (exact) mass is 429 g/mol. The predicted octanol–water partition coefficient (Wildman–Crippen LogP) is 4.43. The van der Waals surface area contributed by atoms with Crippen molar-refractivity contribution in [3.05, 3.63) is 66.7 Å². The molecule has 7 heteroatoms. The molecule has 3 heterocycles. The van der Waals surface area contributed by atoms with Gasteiger partial charge in [0.1, 0.15) is 0 Å². The molecule has 2 aromatic carbocycles. The zero-order valence-corrected chi connectivity index (χ0v) is 17.8. The van der Waals surface area contributed by atoms with Crippen molar-refractivity contribution in [1.29, 1.82) is 0 Å². The predicted molar refractivity (Wildman–Crippen MR) is 124 cm³/mol. The van der Waals surface area contributed by atoms with Crippen LogP contribution in [0.3, 0.4) is 0 Å². The summed E-state index contributed by atoms with van der Waals surface area (Å²) < 4.78 is 19.4. The Balaban J connectivity index is 1.64. The first-order valence-electron chi connectivity index (χ1n) is 10.7. The van der Waals surface area contributed by atoms with Crippen LogP contribution in [0.4, 0.5) is 10.3 Å². The van der Waals surface area contributed by atoms with Gasteiger partial charge in [0, 0.05) is 42.5 Å². The highest BCUT2D eigenvalue weighted by molar-refractivity contribution is 5.95. The third-order valence-corrected chi connectivity index (χ3v) is 5.93. The van der Waals surface area contributed by atoms with Crippen LogP contribution in [0.2, 0.25) is 0 Å². The minimum Gasteiger partial charge on any atom is -0.494 e. The molecule has 0 unspecified atom stereocenters. The highest BCUT2D eigenvalue weighted by atomic mass is 19.1. The maximum atomic E-state index is 14.3. The Kier molecular flexibility index (Phi) is 5.41. The number of fused-ring (bicyclic) bond motifs is 1. The first kappa shape index (κ1) is 20.3. The van der Waals surface area contributed by atoms with Crippen molar-refractivity contribution in [3.63, 3.8) is 0 Å². The zero-order valence-electron chi connectivity index (χ0n) is 17.8. The topological polar surface area (TPSA) is 77.2 Å². The molecule has 0 aliphatic carbocycles. The van der Waals surface area contributed by atoms with Gasteiger partial charge in [0.2, 0.25) is 5.95 Å². The van der Waals surface area contributed by atoms with E-state index >= 15 is 0 Å². The molecule has 0 radical (unpaired) electrons. The van der Waals surface area contributed by atoms with Crippen LogP contribution in [-0.2, 0) is 0 Å². The molecule has 4 aromatic rings. The lowest BCUT2D eigenvalue weighted by Gasteiger charge is -2.30. The fourth-order valence-corrected chi connectivity index (χ4v) is 4.11. The number of piperidine rings is 1. The Labute approximate surface area is 185 Å². The summed E-state index contributed by atoms with van der Waals surface area (Å²) in [7, 11) is 1.46. The summed E-state index contributed by atoms with van der Waals surface area (Å²) in [4.78, 5) is 16.3. The van der Waals surface area contributed by atoms with E-state index in [-0.39, 0.29) is 11.8 Å². The fraction of sp³-hybridized carbons (Fsp3) is 0.240. The molecule has 0 atom stereocenters. The molecular formula is C25H24FN5O. The molecule has 1 fully saturated rings. The smallest absolute Gasteiger partial charge is 0.226 e. The van der Waals surface area contributed by atoms with Gasteiger partial charge in [-0.15, -0.1) is 0 Å². The number of nitrogens with zero attached hydrogens (tertiary/aromatic N) is 4. The Bertz CT molecular complexity index is 1260. The summed E-state index contributed by atoms with van der Waals surface area (Å²) in [5.74, 6) is 0.527. The van der Waals surface area contributed by atoms with Crippen molar-refractivity contribution in [2.45, 2.75) is 18.9 Å². The van der Waals surface area contributed by atoms with Gasteiger partial charge < -0.3 is 15.4 Å². The van der Waals surface area contributed by atoms with Crippen molar-refractivity contribution >= 4 is 16.9 Å². The summed E-state index contributed by atoms with van der Waals surface area (Å²) in [5, 5.41) is 0.893. The summed E-state index contributed by atoms with van der Waals surface area (Å²) in [5.41, 5.74) is 10.3. The number of pyridine rings is 1. The highest BCUT2D eigenvalue weighted by Crippen LogP contribution is 2.33. The fourth-order valence-electron chi connectivity index (χ4n) is 4.11. The van der Waals surface area contributed by atoms with Crippen molar-refractivity contribution in [1.82, 2.24) is 15.0 Å². The Morgan fingerprint density at radius 1 is 1.00 bits per heavy atom. The highest BCUT2D eigenvalue weighted by Gasteiger charge is 2.20. The van der Waals surface area contributed by atoms with Crippen molar-refractivity contribution in [3.8, 4) is 28.1 Å². The molecule has 2 N–H and O–H groups in total. The quantitative estimate of drug-likeness (QED) is 0.517. The van der Waals surface area contributed by atoms with E-state index in [1.165, 1.54) is 13.2 Å². The van der Waals surface area contributed by atoms with Crippen LogP contribution in [-0.4, -0.2) is 41.2 Å². The van der Waals surface area contributed by atoms with E-state index in [1.807, 2.05) is 36.4 Å². The average Bonchev–Trinajstić information content (AvgIpc) is 2.84. The minimum atomic E-state index is -0.396. The maximum Gasteiger partial charge on any atom is 0.226 e. The molecule has 162 valence electrons. The molecule has 32 heavy (non-hydrogen) atoms. The van der Waals surface area contributed by atoms with E-state index < -0.39 is 5.82 Å². The summed E-state index contributed by atoms with van der Waals surface area (Å²) in [6.07, 6.45) is 5.39. The van der Waals surface area contributed by atoms with Gasteiger partial charge in [0.25, 0.3) is 0 Å². The van der Waals surface area contributed by atoms with E-state index in [4.69, 9.17) is 20.4 Å². The number of benzene rings is 2. The lowest BCUT2D eigenvalue weighted by atomic mass is 10.0. The van der Waals surface area contributed by atoms with Gasteiger partial charge in [-0.05, 0) is 60.4 Å². The number of aromatic nitrogens is 3. The second-order valence-corrected chi connectivity index (χ2v) is 8.02. The van der Waals surface area contributed by atoms with E-state index in [1.54, 1.807) is 18.5 Å². The number of anilines is 1. The van der Waals surface area contributed by atoms with E-state index in [0.717, 1.165) is 59.2 Å². The molecule has 6 nitrogen and oxygen atoms in total. The summed E-state index contributed by atoms with van der Waals surface area (Å²) in [6, 6.07) is 15.0. The van der Waals surface area contributed by atoms with E-state index in [9.17, 15) is 4.39 Å². The molecule has 2 aromatic heterocycles. The molecule has 0 bridgehead atoms. The summed E-state index contributed by atoms with van der Waals surface area (Å²) in [6.45, 7) is 1.67. The van der Waals surface area contributed by atoms with Gasteiger partial charge in [0.05, 0.1) is 18.3 Å². The molecule has 1 aliphatic rings. The van der Waals surface area contributed by atoms with Gasteiger partial charge >= 0.3 is 0 Å². The lowest BCUT2D eigenvalue weighted by molar-refractivity contribution is 0.386. The van der Waals surface area contributed by atoms with Crippen LogP contribution >= 0.6 is 0 Å². The van der Waals surface area contributed by atoms with Gasteiger partial charge in [0.15, 0.2) is 11.6 Å². The Morgan fingerprint density at radius 2 is 1.78 bits per heavy atom. The van der Waals surface area contributed by atoms with E-state index in [2.05, 4.69) is 9.88 Å². The molecule has 1 saturated heterocycles. The van der Waals surface area contributed by atoms with E-state index in [0.29, 0.717) is 5.95 Å². The zero-order chi connectivity index (χ0) is 22.1. The number of rotatable bonds is 4. The number of hydrogen-bond acceptors (Lipinski definition) is 6. The van der Waals surface area contributed by atoms with Crippen LogP contribution in [0.25, 0.3) is 33.3 Å². The van der Waals surface area contributed by atoms with Crippen molar-refractivity contribution < 1.29 is 9.13 Å². The molecule has 5 rings (SSSR count). The lowest BCUT2D eigenvalue weighted by Crippen LogP contribution is -2.40. The standard InChI is InChI=1S/C25H24FN5O/c1-32-23-7-5-17(14-21(23)26)16-4-6-22-20(13-16)24(18-3-2-10-28-15-18)30-25(29-22)31-11-8-19(27)9-12-31/h2-7,10,13-15,19H,8-9,11-12,27H2,1H3. The number of halogens is 1. The first-order chi connectivity index (χ1) is 15.6. The number of hydrogen-bond donors (Lipinski definition) is 1. The second kappa shape index (κ2) is 8.51. The average molecular weight is 429 g/mol. The Hall–Kier alpha value is -3.58. The first-order valence-corrected chi connectivity index (χ1v) is 10.7. The van der Waals surface area contributed by atoms with Crippen LogP contribution < -0.4 is 15.4 Å². The van der Waals surface area contributed by atoms with Crippen molar-refractivity contribution in [2.75, 3.05) is 25.1 Å².